The summed E-state index contributed by atoms with van der Waals surface area (Å²) in [5, 5.41) is 18.7. The van der Waals surface area contributed by atoms with Crippen molar-refractivity contribution in [3.05, 3.63) is 0 Å². The molecule has 0 aromatic heterocycles. The van der Waals surface area contributed by atoms with Crippen molar-refractivity contribution < 1.29 is 19.5 Å². The summed E-state index contributed by atoms with van der Waals surface area (Å²) >= 11 is 0. The van der Waals surface area contributed by atoms with Gasteiger partial charge in [0.2, 0.25) is 0 Å². The molecule has 14 heavy (non-hydrogen) atoms. The standard InChI is InChI=1S/C10H19NO3/c1-10(2,3)11(9(13)14)6-4-8(12)5-7-11/h8,12H,4-7H2,1-3H3/p+1. The lowest BCUT2D eigenvalue weighted by atomic mass is 9.95. The summed E-state index contributed by atoms with van der Waals surface area (Å²) in [6.45, 7) is 6.89. The zero-order valence-electron chi connectivity index (χ0n) is 9.16. The van der Waals surface area contributed by atoms with Crippen LogP contribution in [0, 0.1) is 0 Å². The van der Waals surface area contributed by atoms with Crippen LogP contribution in [0.3, 0.4) is 0 Å². The maximum Gasteiger partial charge on any atom is 0.513 e. The minimum Gasteiger partial charge on any atom is -0.435 e. The monoisotopic (exact) mass is 202 g/mol. The van der Waals surface area contributed by atoms with Gasteiger partial charge in [0, 0.05) is 12.8 Å². The summed E-state index contributed by atoms with van der Waals surface area (Å²) in [6.07, 6.45) is 0.0833. The van der Waals surface area contributed by atoms with Crippen LogP contribution >= 0.6 is 0 Å². The third kappa shape index (κ3) is 1.77. The Morgan fingerprint density at radius 1 is 1.29 bits per heavy atom. The van der Waals surface area contributed by atoms with Crippen molar-refractivity contribution in [1.82, 2.24) is 0 Å². The first-order chi connectivity index (χ1) is 6.29. The molecule has 1 amide bonds. The van der Waals surface area contributed by atoms with Crippen LogP contribution in [0.2, 0.25) is 0 Å². The first-order valence-corrected chi connectivity index (χ1v) is 5.08. The predicted octanol–water partition coefficient (Wildman–Crippen LogP) is 1.43. The molecule has 4 heteroatoms. The highest BCUT2D eigenvalue weighted by molar-refractivity contribution is 5.57. The minimum atomic E-state index is -0.774. The fourth-order valence-electron chi connectivity index (χ4n) is 2.14. The second-order valence-electron chi connectivity index (χ2n) is 5.10. The molecule has 82 valence electrons. The lowest BCUT2D eigenvalue weighted by Crippen LogP contribution is -2.66. The van der Waals surface area contributed by atoms with E-state index in [-0.39, 0.29) is 16.1 Å². The van der Waals surface area contributed by atoms with Crippen LogP contribution in [0.1, 0.15) is 33.6 Å². The van der Waals surface area contributed by atoms with Crippen molar-refractivity contribution in [1.29, 1.82) is 0 Å². The van der Waals surface area contributed by atoms with Gasteiger partial charge in [-0.05, 0) is 20.8 Å². The number of aliphatic hydroxyl groups excluding tert-OH is 1. The quantitative estimate of drug-likeness (QED) is 0.584. The topological polar surface area (TPSA) is 57.5 Å². The molecule has 0 bridgehead atoms. The summed E-state index contributed by atoms with van der Waals surface area (Å²) in [6, 6.07) is 0. The van der Waals surface area contributed by atoms with Gasteiger partial charge in [0.1, 0.15) is 5.54 Å². The van der Waals surface area contributed by atoms with E-state index >= 15 is 0 Å². The highest BCUT2D eigenvalue weighted by Gasteiger charge is 2.49. The average molecular weight is 202 g/mol. The lowest BCUT2D eigenvalue weighted by molar-refractivity contribution is -0.908. The Kier molecular flexibility index (Phi) is 2.88. The van der Waals surface area contributed by atoms with Gasteiger partial charge in [-0.15, -0.1) is 0 Å². The fourth-order valence-corrected chi connectivity index (χ4v) is 2.14. The van der Waals surface area contributed by atoms with Crippen molar-refractivity contribution in [3.8, 4) is 0 Å². The largest absolute Gasteiger partial charge is 0.513 e. The van der Waals surface area contributed by atoms with E-state index in [0.29, 0.717) is 25.9 Å². The summed E-state index contributed by atoms with van der Waals surface area (Å²) < 4.78 is 0.0735. The van der Waals surface area contributed by atoms with Crippen molar-refractivity contribution >= 4 is 6.09 Å². The molecule has 0 unspecified atom stereocenters. The van der Waals surface area contributed by atoms with Gasteiger partial charge in [-0.25, -0.2) is 4.48 Å². The normalized spacial score (nSPS) is 34.1. The fraction of sp³-hybridized carbons (Fsp3) is 0.900. The number of rotatable bonds is 0. The van der Waals surface area contributed by atoms with Crippen LogP contribution in [-0.4, -0.2) is 45.5 Å². The van der Waals surface area contributed by atoms with Gasteiger partial charge in [-0.2, -0.15) is 4.79 Å². The Morgan fingerprint density at radius 3 is 2.00 bits per heavy atom. The zero-order valence-corrected chi connectivity index (χ0v) is 9.16. The van der Waals surface area contributed by atoms with E-state index in [1.165, 1.54) is 0 Å². The highest BCUT2D eigenvalue weighted by Crippen LogP contribution is 2.30. The number of likely N-dealkylation sites (tertiary alicyclic amines) is 1. The van der Waals surface area contributed by atoms with E-state index in [4.69, 9.17) is 0 Å². The summed E-state index contributed by atoms with van der Waals surface area (Å²) in [4.78, 5) is 11.3. The van der Waals surface area contributed by atoms with Gasteiger partial charge in [0.25, 0.3) is 0 Å². The molecule has 4 nitrogen and oxygen atoms in total. The molecule has 0 saturated carbocycles. The first-order valence-electron chi connectivity index (χ1n) is 5.08. The van der Waals surface area contributed by atoms with Gasteiger partial charge in [-0.1, -0.05) is 0 Å². The molecule has 1 rings (SSSR count). The number of amides is 1. The van der Waals surface area contributed by atoms with E-state index in [9.17, 15) is 15.0 Å². The van der Waals surface area contributed by atoms with Crippen molar-refractivity contribution in [3.63, 3.8) is 0 Å². The first kappa shape index (κ1) is 11.5. The Morgan fingerprint density at radius 2 is 1.71 bits per heavy atom. The molecule has 1 aliphatic rings. The molecule has 0 radical (unpaired) electrons. The van der Waals surface area contributed by atoms with Gasteiger partial charge < -0.3 is 10.2 Å². The van der Waals surface area contributed by atoms with Crippen LogP contribution < -0.4 is 0 Å². The van der Waals surface area contributed by atoms with E-state index in [0.717, 1.165) is 0 Å². The molecule has 1 heterocycles. The van der Waals surface area contributed by atoms with Crippen molar-refractivity contribution in [2.45, 2.75) is 45.3 Å². The maximum absolute atomic E-state index is 11.3. The molecular formula is C10H20NO3+. The zero-order chi connectivity index (χ0) is 11.0. The number of quaternary nitrogens is 1. The number of carbonyl (C=O) groups is 1. The van der Waals surface area contributed by atoms with Gasteiger partial charge in [0.15, 0.2) is 0 Å². The maximum atomic E-state index is 11.3. The molecule has 0 atom stereocenters. The Balaban J connectivity index is 2.90. The molecule has 1 fully saturated rings. The molecule has 1 saturated heterocycles. The number of nitrogens with zero attached hydrogens (tertiary/aromatic N) is 1. The van der Waals surface area contributed by atoms with E-state index in [1.807, 2.05) is 20.8 Å². The van der Waals surface area contributed by atoms with E-state index < -0.39 is 6.09 Å². The molecule has 0 aromatic rings. The second kappa shape index (κ2) is 3.51. The molecule has 2 N–H and O–H groups in total. The SMILES string of the molecule is CC(C)(C)[N+]1(C(=O)O)CCC(O)CC1. The third-order valence-corrected chi connectivity index (χ3v) is 3.34. The van der Waals surface area contributed by atoms with Crippen LogP contribution in [0.25, 0.3) is 0 Å². The Labute approximate surface area is 84.7 Å². The third-order valence-electron chi connectivity index (χ3n) is 3.34. The van der Waals surface area contributed by atoms with Crippen LogP contribution in [0.4, 0.5) is 4.79 Å². The number of aliphatic hydroxyl groups is 1. The predicted molar refractivity (Wildman–Crippen MR) is 53.0 cm³/mol. The highest BCUT2D eigenvalue weighted by atomic mass is 16.4. The summed E-state index contributed by atoms with van der Waals surface area (Å²) in [5.74, 6) is 0. The van der Waals surface area contributed by atoms with Crippen molar-refractivity contribution in [2.75, 3.05) is 13.1 Å². The van der Waals surface area contributed by atoms with E-state index in [1.54, 1.807) is 0 Å². The second-order valence-corrected chi connectivity index (χ2v) is 5.10. The van der Waals surface area contributed by atoms with Crippen LogP contribution in [0.5, 0.6) is 0 Å². The minimum absolute atomic E-state index is 0.0735. The Hall–Kier alpha value is -0.610. The lowest BCUT2D eigenvalue weighted by Gasteiger charge is -2.46. The number of hydrogen-bond donors (Lipinski definition) is 2. The number of hydrogen-bond acceptors (Lipinski definition) is 2. The summed E-state index contributed by atoms with van der Waals surface area (Å²) in [5.41, 5.74) is -0.300. The molecule has 1 aliphatic heterocycles. The molecule has 0 aromatic carbocycles. The van der Waals surface area contributed by atoms with Gasteiger partial charge in [0.05, 0.1) is 19.2 Å². The molecule has 0 aliphatic carbocycles. The van der Waals surface area contributed by atoms with Crippen LogP contribution in [0.15, 0.2) is 0 Å². The summed E-state index contributed by atoms with van der Waals surface area (Å²) in [7, 11) is 0. The number of carboxylic acid groups (broad SMARTS) is 1. The van der Waals surface area contributed by atoms with Gasteiger partial charge in [-0.3, -0.25) is 0 Å². The van der Waals surface area contributed by atoms with Gasteiger partial charge >= 0.3 is 6.09 Å². The molecular weight excluding hydrogens is 182 g/mol. The smallest absolute Gasteiger partial charge is 0.435 e. The van der Waals surface area contributed by atoms with Crippen molar-refractivity contribution in [2.24, 2.45) is 0 Å². The molecule has 0 spiro atoms. The number of piperidine rings is 1. The van der Waals surface area contributed by atoms with Crippen LogP contribution in [-0.2, 0) is 0 Å². The Bertz CT molecular complexity index is 224. The average Bonchev–Trinajstić information content (AvgIpc) is 2.02. The van der Waals surface area contributed by atoms with E-state index in [2.05, 4.69) is 0 Å².